The second kappa shape index (κ2) is 6.60. The highest BCUT2D eigenvalue weighted by Crippen LogP contribution is 2.16. The maximum atomic E-state index is 11.8. The standard InChI is InChI=1S/C14H17N3O3/c1-3-17-9-13(8-15-17)20-10-14(18)16-11-5-4-6-12(7-11)19-2/h4-9H,3,10H2,1-2H3,(H,16,18). The number of nitrogens with one attached hydrogen (secondary N) is 1. The molecular weight excluding hydrogens is 258 g/mol. The topological polar surface area (TPSA) is 65.4 Å². The number of hydrogen-bond donors (Lipinski definition) is 1. The van der Waals surface area contributed by atoms with Crippen molar-refractivity contribution in [2.24, 2.45) is 0 Å². The van der Waals surface area contributed by atoms with Crippen LogP contribution in [0.3, 0.4) is 0 Å². The number of methoxy groups -OCH3 is 1. The zero-order valence-corrected chi connectivity index (χ0v) is 11.5. The fourth-order valence-corrected chi connectivity index (χ4v) is 1.64. The maximum Gasteiger partial charge on any atom is 0.262 e. The van der Waals surface area contributed by atoms with Crippen LogP contribution in [0.4, 0.5) is 5.69 Å². The summed E-state index contributed by atoms with van der Waals surface area (Å²) in [5, 5.41) is 6.80. The van der Waals surface area contributed by atoms with E-state index in [0.29, 0.717) is 17.2 Å². The largest absolute Gasteiger partial charge is 0.497 e. The van der Waals surface area contributed by atoms with Gasteiger partial charge in [-0.25, -0.2) is 0 Å². The predicted molar refractivity (Wildman–Crippen MR) is 75.0 cm³/mol. The number of carbonyl (C=O) groups excluding carboxylic acids is 1. The highest BCUT2D eigenvalue weighted by molar-refractivity contribution is 5.92. The molecule has 0 aliphatic carbocycles. The van der Waals surface area contributed by atoms with Gasteiger partial charge in [0.05, 0.1) is 19.5 Å². The van der Waals surface area contributed by atoms with Gasteiger partial charge in [0.15, 0.2) is 12.4 Å². The number of rotatable bonds is 6. The molecule has 1 heterocycles. The molecule has 6 heteroatoms. The van der Waals surface area contributed by atoms with Gasteiger partial charge in [-0.15, -0.1) is 0 Å². The molecule has 20 heavy (non-hydrogen) atoms. The van der Waals surface area contributed by atoms with E-state index in [1.54, 1.807) is 42.4 Å². The number of nitrogens with zero attached hydrogens (tertiary/aromatic N) is 2. The van der Waals surface area contributed by atoms with Crippen LogP contribution in [0, 0.1) is 0 Å². The van der Waals surface area contributed by atoms with E-state index < -0.39 is 0 Å². The van der Waals surface area contributed by atoms with Gasteiger partial charge in [0.2, 0.25) is 0 Å². The number of anilines is 1. The van der Waals surface area contributed by atoms with Gasteiger partial charge in [-0.3, -0.25) is 9.48 Å². The molecule has 0 bridgehead atoms. The van der Waals surface area contributed by atoms with Crippen molar-refractivity contribution in [1.29, 1.82) is 0 Å². The molecule has 0 radical (unpaired) electrons. The molecule has 6 nitrogen and oxygen atoms in total. The Labute approximate surface area is 117 Å². The molecule has 0 aliphatic rings. The van der Waals surface area contributed by atoms with Crippen molar-refractivity contribution in [3.8, 4) is 11.5 Å². The van der Waals surface area contributed by atoms with Crippen molar-refractivity contribution >= 4 is 11.6 Å². The summed E-state index contributed by atoms with van der Waals surface area (Å²) in [6.45, 7) is 2.68. The third-order valence-corrected chi connectivity index (χ3v) is 2.66. The third kappa shape index (κ3) is 3.74. The van der Waals surface area contributed by atoms with Crippen LogP contribution in [-0.4, -0.2) is 29.4 Å². The van der Waals surface area contributed by atoms with Crippen molar-refractivity contribution < 1.29 is 14.3 Å². The average Bonchev–Trinajstić information content (AvgIpc) is 2.93. The second-order valence-electron chi connectivity index (χ2n) is 4.10. The summed E-state index contributed by atoms with van der Waals surface area (Å²) < 4.78 is 12.2. The van der Waals surface area contributed by atoms with Gasteiger partial charge in [0, 0.05) is 18.3 Å². The van der Waals surface area contributed by atoms with E-state index in [2.05, 4.69) is 10.4 Å². The Kier molecular flexibility index (Phi) is 4.60. The first-order valence-corrected chi connectivity index (χ1v) is 6.30. The van der Waals surface area contributed by atoms with E-state index in [9.17, 15) is 4.79 Å². The van der Waals surface area contributed by atoms with E-state index in [1.807, 2.05) is 13.0 Å². The predicted octanol–water partition coefficient (Wildman–Crippen LogP) is 1.93. The smallest absolute Gasteiger partial charge is 0.262 e. The zero-order chi connectivity index (χ0) is 14.4. The van der Waals surface area contributed by atoms with E-state index in [-0.39, 0.29) is 12.5 Å². The van der Waals surface area contributed by atoms with Crippen LogP contribution < -0.4 is 14.8 Å². The maximum absolute atomic E-state index is 11.8. The first kappa shape index (κ1) is 13.9. The normalized spacial score (nSPS) is 10.1. The van der Waals surface area contributed by atoms with E-state index in [1.165, 1.54) is 0 Å². The Morgan fingerprint density at radius 1 is 1.40 bits per heavy atom. The molecular formula is C14H17N3O3. The number of amides is 1. The van der Waals surface area contributed by atoms with Crippen molar-refractivity contribution in [1.82, 2.24) is 9.78 Å². The molecule has 1 N–H and O–H groups in total. The molecule has 0 saturated heterocycles. The van der Waals surface area contributed by atoms with Gasteiger partial charge >= 0.3 is 0 Å². The van der Waals surface area contributed by atoms with Crippen molar-refractivity contribution in [2.75, 3.05) is 19.0 Å². The first-order valence-electron chi connectivity index (χ1n) is 6.30. The molecule has 106 valence electrons. The minimum atomic E-state index is -0.234. The minimum absolute atomic E-state index is 0.0629. The number of ether oxygens (including phenoxy) is 2. The number of carbonyl (C=O) groups is 1. The summed E-state index contributed by atoms with van der Waals surface area (Å²) >= 11 is 0. The van der Waals surface area contributed by atoms with Gasteiger partial charge < -0.3 is 14.8 Å². The van der Waals surface area contributed by atoms with Gasteiger partial charge in [-0.2, -0.15) is 5.10 Å². The van der Waals surface area contributed by atoms with Crippen molar-refractivity contribution in [3.05, 3.63) is 36.7 Å². The molecule has 1 aromatic carbocycles. The minimum Gasteiger partial charge on any atom is -0.497 e. The Balaban J connectivity index is 1.85. The van der Waals surface area contributed by atoms with Gasteiger partial charge in [0.25, 0.3) is 5.91 Å². The summed E-state index contributed by atoms with van der Waals surface area (Å²) in [5.41, 5.74) is 0.669. The molecule has 0 unspecified atom stereocenters. The quantitative estimate of drug-likeness (QED) is 0.874. The van der Waals surface area contributed by atoms with Crippen LogP contribution in [0.1, 0.15) is 6.92 Å². The molecule has 0 spiro atoms. The number of aryl methyl sites for hydroxylation is 1. The van der Waals surface area contributed by atoms with E-state index in [4.69, 9.17) is 9.47 Å². The highest BCUT2D eigenvalue weighted by atomic mass is 16.5. The third-order valence-electron chi connectivity index (χ3n) is 2.66. The lowest BCUT2D eigenvalue weighted by atomic mass is 10.3. The van der Waals surface area contributed by atoms with Crippen LogP contribution in [-0.2, 0) is 11.3 Å². The fourth-order valence-electron chi connectivity index (χ4n) is 1.64. The van der Waals surface area contributed by atoms with Crippen LogP contribution in [0.25, 0.3) is 0 Å². The van der Waals surface area contributed by atoms with Gasteiger partial charge in [-0.05, 0) is 19.1 Å². The lowest BCUT2D eigenvalue weighted by molar-refractivity contribution is -0.118. The summed E-state index contributed by atoms with van der Waals surface area (Å²) in [7, 11) is 1.58. The lowest BCUT2D eigenvalue weighted by Crippen LogP contribution is -2.20. The zero-order valence-electron chi connectivity index (χ0n) is 11.5. The fraction of sp³-hybridized carbons (Fsp3) is 0.286. The molecule has 1 aromatic heterocycles. The summed E-state index contributed by atoms with van der Waals surface area (Å²) in [4.78, 5) is 11.8. The highest BCUT2D eigenvalue weighted by Gasteiger charge is 2.05. The molecule has 1 amide bonds. The Morgan fingerprint density at radius 2 is 2.25 bits per heavy atom. The lowest BCUT2D eigenvalue weighted by Gasteiger charge is -2.07. The van der Waals surface area contributed by atoms with Crippen LogP contribution in [0.15, 0.2) is 36.7 Å². The summed E-state index contributed by atoms with van der Waals surface area (Å²) in [5.74, 6) is 1.03. The summed E-state index contributed by atoms with van der Waals surface area (Å²) in [6.07, 6.45) is 3.33. The number of aromatic nitrogens is 2. The molecule has 0 saturated carbocycles. The Bertz CT molecular complexity index is 581. The molecule has 0 fully saturated rings. The molecule has 0 aliphatic heterocycles. The number of benzene rings is 1. The summed E-state index contributed by atoms with van der Waals surface area (Å²) in [6, 6.07) is 7.15. The SMILES string of the molecule is CCn1cc(OCC(=O)Nc2cccc(OC)c2)cn1. The van der Waals surface area contributed by atoms with Gasteiger partial charge in [0.1, 0.15) is 5.75 Å². The Hall–Kier alpha value is -2.50. The van der Waals surface area contributed by atoms with Crippen LogP contribution >= 0.6 is 0 Å². The van der Waals surface area contributed by atoms with E-state index >= 15 is 0 Å². The molecule has 2 rings (SSSR count). The van der Waals surface area contributed by atoms with Gasteiger partial charge in [-0.1, -0.05) is 6.07 Å². The van der Waals surface area contributed by atoms with Crippen LogP contribution in [0.2, 0.25) is 0 Å². The Morgan fingerprint density at radius 3 is 2.95 bits per heavy atom. The first-order chi connectivity index (χ1) is 9.71. The van der Waals surface area contributed by atoms with Crippen LogP contribution in [0.5, 0.6) is 11.5 Å². The monoisotopic (exact) mass is 275 g/mol. The van der Waals surface area contributed by atoms with Crippen molar-refractivity contribution in [3.63, 3.8) is 0 Å². The number of hydrogen-bond acceptors (Lipinski definition) is 4. The average molecular weight is 275 g/mol. The second-order valence-corrected chi connectivity index (χ2v) is 4.10. The molecule has 2 aromatic rings. The van der Waals surface area contributed by atoms with E-state index in [0.717, 1.165) is 6.54 Å². The molecule has 0 atom stereocenters. The van der Waals surface area contributed by atoms with Crippen molar-refractivity contribution in [2.45, 2.75) is 13.5 Å².